The van der Waals surface area contributed by atoms with Crippen molar-refractivity contribution in [2.75, 3.05) is 6.54 Å². The molecule has 0 radical (unpaired) electrons. The molecule has 0 saturated heterocycles. The predicted molar refractivity (Wildman–Crippen MR) is 70.3 cm³/mol. The molecule has 100 valence electrons. The number of hydrogen-bond donors (Lipinski definition) is 3. The fourth-order valence-electron chi connectivity index (χ4n) is 1.38. The van der Waals surface area contributed by atoms with E-state index in [1.54, 1.807) is 31.2 Å². The van der Waals surface area contributed by atoms with Crippen LogP contribution in [0.4, 0.5) is 0 Å². The largest absolute Gasteiger partial charge is 0.508 e. The normalized spacial score (nSPS) is 14.3. The minimum absolute atomic E-state index is 0.0583. The molecule has 3 N–H and O–H groups in total. The van der Waals surface area contributed by atoms with Crippen LogP contribution >= 0.6 is 0 Å². The highest BCUT2D eigenvalue weighted by molar-refractivity contribution is 5.79. The van der Waals surface area contributed by atoms with Crippen molar-refractivity contribution in [3.05, 3.63) is 29.8 Å². The third-order valence-corrected chi connectivity index (χ3v) is 3.23. The molecule has 0 aliphatic heterocycles. The standard InChI is InChI=1S/C14H21NO3/c1-10(2)14(3,18)9-15-13(17)8-11-6-4-5-7-12(11)16/h4-7,10,16,18H,8-9H2,1-3H3,(H,15,17). The molecule has 1 unspecified atom stereocenters. The van der Waals surface area contributed by atoms with Crippen LogP contribution in [-0.2, 0) is 11.2 Å². The smallest absolute Gasteiger partial charge is 0.224 e. The Balaban J connectivity index is 2.51. The van der Waals surface area contributed by atoms with Crippen LogP contribution in [0.2, 0.25) is 0 Å². The first-order chi connectivity index (χ1) is 8.33. The molecule has 1 amide bonds. The first-order valence-electron chi connectivity index (χ1n) is 6.09. The van der Waals surface area contributed by atoms with E-state index in [2.05, 4.69) is 5.32 Å². The Labute approximate surface area is 108 Å². The Hall–Kier alpha value is -1.55. The molecule has 0 fully saturated rings. The van der Waals surface area contributed by atoms with Crippen molar-refractivity contribution in [1.29, 1.82) is 0 Å². The predicted octanol–water partition coefficient (Wildman–Crippen LogP) is 1.46. The highest BCUT2D eigenvalue weighted by Crippen LogP contribution is 2.17. The maximum absolute atomic E-state index is 11.7. The number of amides is 1. The van der Waals surface area contributed by atoms with Gasteiger partial charge in [-0.15, -0.1) is 0 Å². The fraction of sp³-hybridized carbons (Fsp3) is 0.500. The van der Waals surface area contributed by atoms with Gasteiger partial charge in [-0.25, -0.2) is 0 Å². The molecular weight excluding hydrogens is 230 g/mol. The summed E-state index contributed by atoms with van der Waals surface area (Å²) >= 11 is 0. The first-order valence-corrected chi connectivity index (χ1v) is 6.09. The Morgan fingerprint density at radius 1 is 1.39 bits per heavy atom. The van der Waals surface area contributed by atoms with E-state index in [4.69, 9.17) is 0 Å². The molecule has 0 heterocycles. The van der Waals surface area contributed by atoms with Gasteiger partial charge in [0.25, 0.3) is 0 Å². The second kappa shape index (κ2) is 5.87. The van der Waals surface area contributed by atoms with Gasteiger partial charge in [0.1, 0.15) is 5.75 Å². The quantitative estimate of drug-likeness (QED) is 0.742. The van der Waals surface area contributed by atoms with Crippen molar-refractivity contribution in [1.82, 2.24) is 5.32 Å². The molecule has 0 aliphatic rings. The number of aliphatic hydroxyl groups is 1. The molecule has 0 spiro atoms. The highest BCUT2D eigenvalue weighted by Gasteiger charge is 2.25. The first kappa shape index (κ1) is 14.5. The van der Waals surface area contributed by atoms with Crippen molar-refractivity contribution < 1.29 is 15.0 Å². The topological polar surface area (TPSA) is 69.6 Å². The van der Waals surface area contributed by atoms with E-state index in [1.165, 1.54) is 0 Å². The van der Waals surface area contributed by atoms with Gasteiger partial charge in [-0.05, 0) is 18.9 Å². The van der Waals surface area contributed by atoms with Gasteiger partial charge in [0, 0.05) is 12.1 Å². The molecule has 1 aromatic carbocycles. The summed E-state index contributed by atoms with van der Waals surface area (Å²) in [5, 5.41) is 22.2. The van der Waals surface area contributed by atoms with Gasteiger partial charge in [-0.3, -0.25) is 4.79 Å². The van der Waals surface area contributed by atoms with Crippen molar-refractivity contribution in [3.63, 3.8) is 0 Å². The lowest BCUT2D eigenvalue weighted by Crippen LogP contribution is -2.44. The molecule has 4 nitrogen and oxygen atoms in total. The summed E-state index contributed by atoms with van der Waals surface area (Å²) in [6.45, 7) is 5.69. The van der Waals surface area contributed by atoms with Crippen LogP contribution in [-0.4, -0.2) is 28.3 Å². The van der Waals surface area contributed by atoms with Crippen LogP contribution in [0.1, 0.15) is 26.3 Å². The van der Waals surface area contributed by atoms with E-state index >= 15 is 0 Å². The molecule has 1 rings (SSSR count). The van der Waals surface area contributed by atoms with Gasteiger partial charge in [0.2, 0.25) is 5.91 Å². The third kappa shape index (κ3) is 4.04. The number of carbonyl (C=O) groups excluding carboxylic acids is 1. The van der Waals surface area contributed by atoms with Gasteiger partial charge in [-0.1, -0.05) is 32.0 Å². The van der Waals surface area contributed by atoms with E-state index in [-0.39, 0.29) is 30.5 Å². The fourth-order valence-corrected chi connectivity index (χ4v) is 1.38. The van der Waals surface area contributed by atoms with Crippen molar-refractivity contribution in [2.24, 2.45) is 5.92 Å². The Kier molecular flexibility index (Phi) is 4.73. The molecule has 0 saturated carbocycles. The number of hydrogen-bond acceptors (Lipinski definition) is 3. The van der Waals surface area contributed by atoms with Crippen molar-refractivity contribution >= 4 is 5.91 Å². The zero-order chi connectivity index (χ0) is 13.8. The number of para-hydroxylation sites is 1. The van der Waals surface area contributed by atoms with Gasteiger partial charge in [0.05, 0.1) is 12.0 Å². The number of rotatable bonds is 5. The van der Waals surface area contributed by atoms with Crippen LogP contribution in [0, 0.1) is 5.92 Å². The Morgan fingerprint density at radius 2 is 2.00 bits per heavy atom. The van der Waals surface area contributed by atoms with Crippen LogP contribution in [0.25, 0.3) is 0 Å². The molecule has 1 atom stereocenters. The molecular formula is C14H21NO3. The van der Waals surface area contributed by atoms with E-state index in [0.29, 0.717) is 5.56 Å². The summed E-state index contributed by atoms with van der Waals surface area (Å²) in [6, 6.07) is 6.73. The maximum atomic E-state index is 11.7. The average molecular weight is 251 g/mol. The number of benzene rings is 1. The van der Waals surface area contributed by atoms with Crippen LogP contribution in [0.3, 0.4) is 0 Å². The van der Waals surface area contributed by atoms with Gasteiger partial charge >= 0.3 is 0 Å². The summed E-state index contributed by atoms with van der Waals surface area (Å²) in [4.78, 5) is 11.7. The van der Waals surface area contributed by atoms with Crippen LogP contribution in [0.5, 0.6) is 5.75 Å². The summed E-state index contributed by atoms with van der Waals surface area (Å²) < 4.78 is 0. The summed E-state index contributed by atoms with van der Waals surface area (Å²) in [5.74, 6) is -0.0383. The molecule has 1 aromatic rings. The van der Waals surface area contributed by atoms with E-state index < -0.39 is 5.60 Å². The minimum Gasteiger partial charge on any atom is -0.508 e. The van der Waals surface area contributed by atoms with E-state index in [9.17, 15) is 15.0 Å². The van der Waals surface area contributed by atoms with Gasteiger partial charge < -0.3 is 15.5 Å². The summed E-state index contributed by atoms with van der Waals surface area (Å²) in [5.41, 5.74) is -0.340. The number of aromatic hydroxyl groups is 1. The molecule has 18 heavy (non-hydrogen) atoms. The number of phenols is 1. The van der Waals surface area contributed by atoms with Crippen molar-refractivity contribution in [2.45, 2.75) is 32.8 Å². The van der Waals surface area contributed by atoms with Gasteiger partial charge in [0.15, 0.2) is 0 Å². The Bertz CT molecular complexity index is 413. The number of carbonyl (C=O) groups is 1. The van der Waals surface area contributed by atoms with Gasteiger partial charge in [-0.2, -0.15) is 0 Å². The minimum atomic E-state index is -0.922. The van der Waals surface area contributed by atoms with E-state index in [0.717, 1.165) is 0 Å². The number of nitrogens with one attached hydrogen (secondary N) is 1. The zero-order valence-electron chi connectivity index (χ0n) is 11.1. The van der Waals surface area contributed by atoms with Crippen LogP contribution in [0.15, 0.2) is 24.3 Å². The summed E-state index contributed by atoms with van der Waals surface area (Å²) in [6.07, 6.45) is 0.112. The SMILES string of the molecule is CC(C)C(C)(O)CNC(=O)Cc1ccccc1O. The zero-order valence-corrected chi connectivity index (χ0v) is 11.1. The molecule has 0 bridgehead atoms. The third-order valence-electron chi connectivity index (χ3n) is 3.23. The number of phenolic OH excluding ortho intramolecular Hbond substituents is 1. The average Bonchev–Trinajstić information content (AvgIpc) is 2.29. The van der Waals surface area contributed by atoms with E-state index in [1.807, 2.05) is 13.8 Å². The summed E-state index contributed by atoms with van der Waals surface area (Å²) in [7, 11) is 0. The monoisotopic (exact) mass is 251 g/mol. The lowest BCUT2D eigenvalue weighted by atomic mass is 9.92. The highest BCUT2D eigenvalue weighted by atomic mass is 16.3. The lowest BCUT2D eigenvalue weighted by molar-refractivity contribution is -0.122. The maximum Gasteiger partial charge on any atom is 0.224 e. The lowest BCUT2D eigenvalue weighted by Gasteiger charge is -2.27. The Morgan fingerprint density at radius 3 is 2.56 bits per heavy atom. The second-order valence-corrected chi connectivity index (χ2v) is 5.09. The second-order valence-electron chi connectivity index (χ2n) is 5.09. The molecule has 0 aromatic heterocycles. The molecule has 4 heteroatoms. The van der Waals surface area contributed by atoms with Crippen LogP contribution < -0.4 is 5.32 Å². The van der Waals surface area contributed by atoms with Crippen molar-refractivity contribution in [3.8, 4) is 5.75 Å². The molecule has 0 aliphatic carbocycles.